The molecule has 1 aliphatic carbocycles. The van der Waals surface area contributed by atoms with Crippen LogP contribution in [0.1, 0.15) is 19.8 Å². The summed E-state index contributed by atoms with van der Waals surface area (Å²) in [5, 5.41) is 17.9. The van der Waals surface area contributed by atoms with Gasteiger partial charge in [0.05, 0.1) is 5.75 Å². The van der Waals surface area contributed by atoms with Gasteiger partial charge in [0.2, 0.25) is 5.95 Å². The van der Waals surface area contributed by atoms with Crippen LogP contribution in [0.4, 0.5) is 5.95 Å². The molecule has 7 nitrogen and oxygen atoms in total. The summed E-state index contributed by atoms with van der Waals surface area (Å²) in [5.74, 6) is 0.0687. The molecule has 0 bridgehead atoms. The summed E-state index contributed by atoms with van der Waals surface area (Å²) < 4.78 is 2.01. The summed E-state index contributed by atoms with van der Waals surface area (Å²) in [4.78, 5) is 15.5. The van der Waals surface area contributed by atoms with Gasteiger partial charge >= 0.3 is 5.97 Å². The standard InChI is InChI=1S/C13H21N5O2S/c1-2-18-12(14-15-13(18)21-9-11(19)20)17-7-5-16(6-8-17)10-3-4-10/h10H,2-9H2,1H3,(H,19,20). The van der Waals surface area contributed by atoms with Crippen molar-refractivity contribution < 1.29 is 9.90 Å². The number of piperazine rings is 1. The van der Waals surface area contributed by atoms with Crippen molar-refractivity contribution >= 4 is 23.7 Å². The van der Waals surface area contributed by atoms with Crippen LogP contribution in [-0.2, 0) is 11.3 Å². The first-order valence-electron chi connectivity index (χ1n) is 7.46. The number of hydrogen-bond donors (Lipinski definition) is 1. The van der Waals surface area contributed by atoms with E-state index in [1.807, 2.05) is 11.5 Å². The lowest BCUT2D eigenvalue weighted by Gasteiger charge is -2.35. The fourth-order valence-corrected chi connectivity index (χ4v) is 3.47. The molecule has 0 atom stereocenters. The number of carbonyl (C=O) groups is 1. The normalized spacial score (nSPS) is 20.0. The molecule has 2 fully saturated rings. The van der Waals surface area contributed by atoms with Gasteiger partial charge in [-0.2, -0.15) is 0 Å². The third-order valence-electron chi connectivity index (χ3n) is 4.00. The van der Waals surface area contributed by atoms with Crippen LogP contribution in [0.5, 0.6) is 0 Å². The summed E-state index contributed by atoms with van der Waals surface area (Å²) in [7, 11) is 0. The average Bonchev–Trinajstić information content (AvgIpc) is 3.25. The highest BCUT2D eigenvalue weighted by atomic mass is 32.2. The molecule has 1 saturated carbocycles. The molecule has 1 N–H and O–H groups in total. The maximum absolute atomic E-state index is 10.7. The summed E-state index contributed by atoms with van der Waals surface area (Å²) in [6.07, 6.45) is 2.70. The van der Waals surface area contributed by atoms with Gasteiger partial charge in [0, 0.05) is 38.8 Å². The van der Waals surface area contributed by atoms with Gasteiger partial charge in [-0.1, -0.05) is 11.8 Å². The Kier molecular flexibility index (Phi) is 4.34. The molecule has 1 aromatic heterocycles. The highest BCUT2D eigenvalue weighted by molar-refractivity contribution is 7.99. The number of rotatable bonds is 6. The summed E-state index contributed by atoms with van der Waals surface area (Å²) in [6.45, 7) is 6.90. The summed E-state index contributed by atoms with van der Waals surface area (Å²) in [5.41, 5.74) is 0. The monoisotopic (exact) mass is 311 g/mol. The Morgan fingerprint density at radius 1 is 1.29 bits per heavy atom. The van der Waals surface area contributed by atoms with E-state index in [2.05, 4.69) is 20.0 Å². The second-order valence-corrected chi connectivity index (χ2v) is 6.41. The second kappa shape index (κ2) is 6.23. The average molecular weight is 311 g/mol. The highest BCUT2D eigenvalue weighted by Crippen LogP contribution is 2.29. The predicted octanol–water partition coefficient (Wildman–Crippen LogP) is 0.759. The number of carboxylic acids is 1. The molecule has 1 saturated heterocycles. The van der Waals surface area contributed by atoms with Gasteiger partial charge in [-0.3, -0.25) is 14.3 Å². The van der Waals surface area contributed by atoms with Gasteiger partial charge in [-0.05, 0) is 19.8 Å². The van der Waals surface area contributed by atoms with Crippen LogP contribution in [0.3, 0.4) is 0 Å². The van der Waals surface area contributed by atoms with E-state index in [9.17, 15) is 4.79 Å². The minimum absolute atomic E-state index is 0.0214. The minimum atomic E-state index is -0.828. The lowest BCUT2D eigenvalue weighted by Crippen LogP contribution is -2.48. The van der Waals surface area contributed by atoms with E-state index in [1.54, 1.807) is 0 Å². The first kappa shape index (κ1) is 14.6. The smallest absolute Gasteiger partial charge is 0.313 e. The minimum Gasteiger partial charge on any atom is -0.481 e. The molecule has 0 spiro atoms. The van der Waals surface area contributed by atoms with E-state index >= 15 is 0 Å². The van der Waals surface area contributed by atoms with Crippen molar-refractivity contribution in [1.29, 1.82) is 0 Å². The first-order chi connectivity index (χ1) is 10.2. The second-order valence-electron chi connectivity index (χ2n) is 5.46. The van der Waals surface area contributed by atoms with Crippen LogP contribution in [0, 0.1) is 0 Å². The third kappa shape index (κ3) is 3.32. The number of nitrogens with zero attached hydrogens (tertiary/aromatic N) is 5. The molecule has 2 heterocycles. The van der Waals surface area contributed by atoms with Crippen LogP contribution in [0.2, 0.25) is 0 Å². The lowest BCUT2D eigenvalue weighted by molar-refractivity contribution is -0.133. The van der Waals surface area contributed by atoms with Crippen molar-refractivity contribution in [1.82, 2.24) is 19.7 Å². The predicted molar refractivity (Wildman–Crippen MR) is 80.9 cm³/mol. The zero-order valence-electron chi connectivity index (χ0n) is 12.2. The molecule has 0 aromatic carbocycles. The van der Waals surface area contributed by atoms with Crippen molar-refractivity contribution in [3.05, 3.63) is 0 Å². The zero-order valence-corrected chi connectivity index (χ0v) is 13.1. The SMILES string of the molecule is CCn1c(SCC(=O)O)nnc1N1CCN(C2CC2)CC1. The fourth-order valence-electron chi connectivity index (χ4n) is 2.75. The number of carboxylic acid groups (broad SMARTS) is 1. The fraction of sp³-hybridized carbons (Fsp3) is 0.769. The Morgan fingerprint density at radius 2 is 2.00 bits per heavy atom. The van der Waals surface area contributed by atoms with Crippen LogP contribution in [0.25, 0.3) is 0 Å². The van der Waals surface area contributed by atoms with Gasteiger partial charge in [0.25, 0.3) is 0 Å². The van der Waals surface area contributed by atoms with Gasteiger partial charge in [-0.15, -0.1) is 10.2 Å². The van der Waals surface area contributed by atoms with Gasteiger partial charge in [0.15, 0.2) is 5.16 Å². The van der Waals surface area contributed by atoms with Crippen molar-refractivity contribution in [2.75, 3.05) is 36.8 Å². The lowest BCUT2D eigenvalue weighted by atomic mass is 10.3. The molecule has 21 heavy (non-hydrogen) atoms. The van der Waals surface area contributed by atoms with E-state index < -0.39 is 5.97 Å². The number of aliphatic carboxylic acids is 1. The Balaban J connectivity index is 1.65. The van der Waals surface area contributed by atoms with Gasteiger partial charge in [0.1, 0.15) is 0 Å². The van der Waals surface area contributed by atoms with E-state index in [0.29, 0.717) is 5.16 Å². The molecule has 3 rings (SSSR count). The van der Waals surface area contributed by atoms with Crippen molar-refractivity contribution in [3.63, 3.8) is 0 Å². The Hall–Kier alpha value is -1.28. The maximum Gasteiger partial charge on any atom is 0.313 e. The first-order valence-corrected chi connectivity index (χ1v) is 8.44. The quantitative estimate of drug-likeness (QED) is 0.777. The molecule has 8 heteroatoms. The number of aromatic nitrogens is 3. The Labute approximate surface area is 128 Å². The van der Waals surface area contributed by atoms with Crippen molar-refractivity contribution in [2.24, 2.45) is 0 Å². The van der Waals surface area contributed by atoms with Crippen molar-refractivity contribution in [3.8, 4) is 0 Å². The Morgan fingerprint density at radius 3 is 2.57 bits per heavy atom. The van der Waals surface area contributed by atoms with E-state index in [0.717, 1.165) is 44.7 Å². The Bertz CT molecular complexity index is 509. The molecule has 0 radical (unpaired) electrons. The zero-order chi connectivity index (χ0) is 14.8. The molecule has 1 aromatic rings. The number of thioether (sulfide) groups is 1. The molecular weight excluding hydrogens is 290 g/mol. The summed E-state index contributed by atoms with van der Waals surface area (Å²) in [6, 6.07) is 0.817. The molecule has 1 aliphatic heterocycles. The van der Waals surface area contributed by atoms with Crippen LogP contribution in [0.15, 0.2) is 5.16 Å². The van der Waals surface area contributed by atoms with Gasteiger partial charge in [-0.25, -0.2) is 0 Å². The molecule has 0 amide bonds. The van der Waals surface area contributed by atoms with Crippen LogP contribution < -0.4 is 4.90 Å². The molecule has 0 unspecified atom stereocenters. The van der Waals surface area contributed by atoms with E-state index in [4.69, 9.17) is 5.11 Å². The number of anilines is 1. The van der Waals surface area contributed by atoms with Crippen LogP contribution in [-0.4, -0.2) is 68.7 Å². The van der Waals surface area contributed by atoms with E-state index in [1.165, 1.54) is 24.6 Å². The van der Waals surface area contributed by atoms with Gasteiger partial charge < -0.3 is 10.0 Å². The molecular formula is C13H21N5O2S. The maximum atomic E-state index is 10.7. The third-order valence-corrected chi connectivity index (χ3v) is 4.95. The topological polar surface area (TPSA) is 74.5 Å². The number of hydrogen-bond acceptors (Lipinski definition) is 6. The molecule has 2 aliphatic rings. The van der Waals surface area contributed by atoms with E-state index in [-0.39, 0.29) is 5.75 Å². The highest BCUT2D eigenvalue weighted by Gasteiger charge is 2.32. The van der Waals surface area contributed by atoms with Crippen LogP contribution >= 0.6 is 11.8 Å². The largest absolute Gasteiger partial charge is 0.481 e. The summed E-state index contributed by atoms with van der Waals surface area (Å²) >= 11 is 1.23. The molecule has 116 valence electrons. The van der Waals surface area contributed by atoms with Crippen molar-refractivity contribution in [2.45, 2.75) is 37.5 Å².